The van der Waals surface area contributed by atoms with Gasteiger partial charge in [-0.05, 0) is 219 Å². The van der Waals surface area contributed by atoms with E-state index in [1.165, 1.54) is 89.9 Å². The number of benzene rings is 4. The lowest BCUT2D eigenvalue weighted by atomic mass is 9.94. The molecule has 4 saturated heterocycles. The molecule has 4 aromatic heterocycles. The molecule has 0 aliphatic carbocycles. The maximum Gasteiger partial charge on any atom is 0.262 e. The number of likely N-dealkylation sites (N-methyl/N-ethyl adjacent to an activating group) is 4. The monoisotopic (exact) mass is 1790 g/mol. The predicted molar refractivity (Wildman–Crippen MR) is 479 cm³/mol. The number of halogens is 4. The van der Waals surface area contributed by atoms with Crippen molar-refractivity contribution in [3.63, 3.8) is 0 Å². The first-order valence-corrected chi connectivity index (χ1v) is 45.4. The summed E-state index contributed by atoms with van der Waals surface area (Å²) in [7, 11) is 8.55. The van der Waals surface area contributed by atoms with Crippen molar-refractivity contribution in [3.8, 4) is 0 Å². The number of fused-ring (bicyclic) bond motifs is 4. The second-order valence-electron chi connectivity index (χ2n) is 32.9. The van der Waals surface area contributed by atoms with Gasteiger partial charge in [0.15, 0.2) is 0 Å². The first-order chi connectivity index (χ1) is 57.4. The van der Waals surface area contributed by atoms with Crippen molar-refractivity contribution >= 4 is 162 Å². The van der Waals surface area contributed by atoms with Crippen molar-refractivity contribution in [1.82, 2.24) is 40.9 Å². The van der Waals surface area contributed by atoms with Crippen LogP contribution in [0, 0.1) is 0 Å². The number of amides is 8. The van der Waals surface area contributed by atoms with Crippen LogP contribution in [0.3, 0.4) is 0 Å². The molecule has 8 N–H and O–H groups in total. The molecule has 0 bridgehead atoms. The fourth-order valence-electron chi connectivity index (χ4n) is 16.8. The summed E-state index contributed by atoms with van der Waals surface area (Å²) in [4.78, 5) is 115. The Labute approximate surface area is 736 Å². The normalized spacial score (nSPS) is 24.2. The third kappa shape index (κ3) is 22.1. The molecule has 32 heteroatoms. The van der Waals surface area contributed by atoms with Gasteiger partial charge in [-0.3, -0.25) is 38.4 Å². The van der Waals surface area contributed by atoms with Crippen LogP contribution in [-0.2, 0) is 63.8 Å². The third-order valence-corrected chi connectivity index (χ3v) is 28.5. The number of hydrogen-bond acceptors (Lipinski definition) is 20. The molecule has 120 heavy (non-hydrogen) atoms. The molecule has 0 radical (unpaired) electrons. The lowest BCUT2D eigenvalue weighted by Crippen LogP contribution is -2.57. The van der Waals surface area contributed by atoms with Gasteiger partial charge in [0.2, 0.25) is 0 Å². The van der Waals surface area contributed by atoms with Crippen LogP contribution < -0.4 is 42.5 Å². The van der Waals surface area contributed by atoms with E-state index in [4.69, 9.17) is 65.4 Å². The van der Waals surface area contributed by atoms with Crippen molar-refractivity contribution < 1.29 is 57.3 Å². The summed E-state index contributed by atoms with van der Waals surface area (Å²) in [6, 6.07) is 37.8. The molecule has 8 aromatic rings. The fraction of sp³-hybridized carbons (Fsp3) is 0.455. The number of rotatable bonds is 16. The van der Waals surface area contributed by atoms with Gasteiger partial charge >= 0.3 is 0 Å². The van der Waals surface area contributed by atoms with Gasteiger partial charge < -0.3 is 81.1 Å². The maximum absolute atomic E-state index is 13.2. The number of carbonyl (C=O) groups is 8. The summed E-state index contributed by atoms with van der Waals surface area (Å²) in [6.07, 6.45) is 5.61. The lowest BCUT2D eigenvalue weighted by Gasteiger charge is -2.27. The van der Waals surface area contributed by atoms with Crippen LogP contribution in [0.15, 0.2) is 121 Å². The van der Waals surface area contributed by atoms with Gasteiger partial charge in [0.05, 0.1) is 63.3 Å². The van der Waals surface area contributed by atoms with Gasteiger partial charge in [0.25, 0.3) is 47.3 Å². The molecule has 24 nitrogen and oxygen atoms in total. The van der Waals surface area contributed by atoms with Gasteiger partial charge in [-0.25, -0.2) is 0 Å². The van der Waals surface area contributed by atoms with Gasteiger partial charge in [0, 0.05) is 127 Å². The third-order valence-electron chi connectivity index (χ3n) is 23.6. The zero-order valence-electron chi connectivity index (χ0n) is 68.7. The molecular formula is C88H104Cl4N12O12S4. The Morgan fingerprint density at radius 1 is 0.325 bits per heavy atom. The largest absolute Gasteiger partial charge is 0.378 e. The van der Waals surface area contributed by atoms with Crippen LogP contribution in [0.25, 0.3) is 0 Å². The molecule has 0 unspecified atom stereocenters. The molecule has 0 saturated carbocycles. The minimum Gasteiger partial charge on any atom is -0.378 e. The highest BCUT2D eigenvalue weighted by Crippen LogP contribution is 2.37. The van der Waals surface area contributed by atoms with Crippen molar-refractivity contribution in [1.29, 1.82) is 0 Å². The van der Waals surface area contributed by atoms with Crippen molar-refractivity contribution in [2.24, 2.45) is 0 Å². The zero-order valence-corrected chi connectivity index (χ0v) is 74.9. The van der Waals surface area contributed by atoms with Crippen LogP contribution in [0.4, 0.5) is 22.7 Å². The van der Waals surface area contributed by atoms with Crippen molar-refractivity contribution in [2.45, 2.75) is 125 Å². The molecule has 4 aromatic carbocycles. The number of hydrogen-bond donors (Lipinski definition) is 8. The van der Waals surface area contributed by atoms with E-state index >= 15 is 0 Å². The van der Waals surface area contributed by atoms with E-state index in [2.05, 4.69) is 167 Å². The molecule has 8 aliphatic rings. The van der Waals surface area contributed by atoms with Crippen molar-refractivity contribution in [2.75, 3.05) is 155 Å². The van der Waals surface area contributed by atoms with E-state index in [0.717, 1.165) is 101 Å². The summed E-state index contributed by atoms with van der Waals surface area (Å²) in [5.41, 5.74) is 9.00. The van der Waals surface area contributed by atoms with Gasteiger partial charge in [-0.15, -0.1) is 45.3 Å². The van der Waals surface area contributed by atoms with E-state index in [0.29, 0.717) is 113 Å². The van der Waals surface area contributed by atoms with Crippen LogP contribution in [-0.4, -0.2) is 222 Å². The second-order valence-corrected chi connectivity index (χ2v) is 39.8. The van der Waals surface area contributed by atoms with E-state index < -0.39 is 22.2 Å². The summed E-state index contributed by atoms with van der Waals surface area (Å²) in [6.45, 7) is 19.3. The SMILES string of the molecule is C[C@@H]1CN(C)CCc2cc(NC(=O)[C@]3(NC(=O)c4ccc(Cl)s4)CCOC3)ccc21.C[C@@H]1CN(C)CCc2ccc(NC(=O)[C@]3(NC(=O)c4ccc(Cl)s4)CCOC3)cc21.C[C@H]1CN(C)CCc2cc(NC(=O)[C@]3(NC(=O)c4ccc(Cl)s4)CCOC3)ccc21.C[C@H]1CN(C)CCc2ccc(NC(=O)[C@]3(NC(=O)c4ccc(Cl)s4)CCOC3)cc21. The Kier molecular flexibility index (Phi) is 29.9. The van der Waals surface area contributed by atoms with Gasteiger partial charge in [0.1, 0.15) is 22.2 Å². The van der Waals surface area contributed by atoms with E-state index in [9.17, 15) is 38.4 Å². The molecule has 16 rings (SSSR count). The maximum atomic E-state index is 13.2. The average molecular weight is 1790 g/mol. The Morgan fingerprint density at radius 2 is 0.567 bits per heavy atom. The standard InChI is InChI=1S/4C22H26ClN3O3S/c2*1-14-12-26(2)9-7-15-11-16(3-4-17(14)15)24-21(28)22(8-10-29-13-22)25-20(27)18-5-6-19(23)30-18;2*1-14-12-26(2)9-7-15-3-4-16(11-17(14)15)24-21(28)22(8-10-29-13-22)25-20(27)18-5-6-19(23)30-18/h4*3-6,11,14H,7-10,12-13H2,1-2H3,(H,24,28)(H,25,27)/t14-,22+;14-,22-;14-,22+;14-,22-/m1010/s1. The number of anilines is 4. The molecule has 8 amide bonds. The molecule has 8 atom stereocenters. The van der Waals surface area contributed by atoms with E-state index in [1.54, 1.807) is 48.5 Å². The van der Waals surface area contributed by atoms with Crippen LogP contribution in [0.5, 0.6) is 0 Å². The topological polar surface area (TPSA) is 283 Å². The predicted octanol–water partition coefficient (Wildman–Crippen LogP) is 14.1. The minimum absolute atomic E-state index is 0.149. The van der Waals surface area contributed by atoms with Crippen LogP contribution >= 0.6 is 91.8 Å². The number of nitrogens with zero attached hydrogens (tertiary/aromatic N) is 4. The highest BCUT2D eigenvalue weighted by Gasteiger charge is 2.48. The Balaban J connectivity index is 0.000000138. The first-order valence-electron chi connectivity index (χ1n) is 40.6. The summed E-state index contributed by atoms with van der Waals surface area (Å²) < 4.78 is 24.1. The molecule has 640 valence electrons. The summed E-state index contributed by atoms with van der Waals surface area (Å²) >= 11 is 28.5. The lowest BCUT2D eigenvalue weighted by molar-refractivity contribution is -0.122. The summed E-state index contributed by atoms with van der Waals surface area (Å²) in [5.74, 6) is -0.608. The average Bonchev–Trinajstić information content (AvgIpc) is 1.60. The molecule has 0 spiro atoms. The van der Waals surface area contributed by atoms with Gasteiger partial charge in [-0.1, -0.05) is 98.4 Å². The Morgan fingerprint density at radius 3 is 0.808 bits per heavy atom. The van der Waals surface area contributed by atoms with E-state index in [-0.39, 0.29) is 73.7 Å². The molecule has 4 fully saturated rings. The zero-order chi connectivity index (χ0) is 85.2. The number of carbonyl (C=O) groups excluding carboxylic acids is 8. The summed E-state index contributed by atoms with van der Waals surface area (Å²) in [5, 5.41) is 23.7. The number of ether oxygens (including phenoxy) is 4. The molecule has 12 heterocycles. The Hall–Kier alpha value is -7.72. The smallest absolute Gasteiger partial charge is 0.262 e. The number of nitrogens with one attached hydrogen (secondary N) is 8. The Bertz CT molecular complexity index is 4740. The van der Waals surface area contributed by atoms with E-state index in [1.807, 2.05) is 24.3 Å². The molecular weight excluding hydrogens is 1690 g/mol. The quantitative estimate of drug-likeness (QED) is 0.0446. The van der Waals surface area contributed by atoms with Crippen molar-refractivity contribution in [3.05, 3.63) is 203 Å². The fourth-order valence-corrected chi connectivity index (χ4v) is 20.6. The van der Waals surface area contributed by atoms with Crippen LogP contribution in [0.2, 0.25) is 17.3 Å². The number of thiophene rings is 4. The highest BCUT2D eigenvalue weighted by atomic mass is 35.5. The minimum atomic E-state index is -1.09. The first kappa shape index (κ1) is 90.0. The van der Waals surface area contributed by atoms with Crippen LogP contribution in [0.1, 0.15) is 160 Å². The highest BCUT2D eigenvalue weighted by molar-refractivity contribution is 7.19. The molecule has 8 aliphatic heterocycles. The van der Waals surface area contributed by atoms with Gasteiger partial charge in [-0.2, -0.15) is 0 Å². The second kappa shape index (κ2) is 39.9.